The molecule has 2 N–H and O–H groups in total. The van der Waals surface area contributed by atoms with Crippen LogP contribution in [0.5, 0.6) is 0 Å². The summed E-state index contributed by atoms with van der Waals surface area (Å²) >= 11 is 0. The zero-order valence-corrected chi connectivity index (χ0v) is 8.33. The van der Waals surface area contributed by atoms with Crippen LogP contribution in [0.15, 0.2) is 12.4 Å². The van der Waals surface area contributed by atoms with Gasteiger partial charge < -0.3 is 10.6 Å². The van der Waals surface area contributed by atoms with Gasteiger partial charge in [-0.15, -0.1) is 0 Å². The molecule has 13 heavy (non-hydrogen) atoms. The summed E-state index contributed by atoms with van der Waals surface area (Å²) in [5.74, 6) is 1.70. The molecule has 0 bridgehead atoms. The predicted molar refractivity (Wildman–Crippen MR) is 55.0 cm³/mol. The summed E-state index contributed by atoms with van der Waals surface area (Å²) in [7, 11) is 1.84. The Labute approximate surface area is 78.8 Å². The topological polar surface area (TPSA) is 49.8 Å². The van der Waals surface area contributed by atoms with Crippen molar-refractivity contribution in [3.63, 3.8) is 0 Å². The van der Waals surface area contributed by atoms with E-state index in [1.807, 2.05) is 13.1 Å². The molecule has 0 unspecified atom stereocenters. The summed E-state index contributed by atoms with van der Waals surface area (Å²) in [6.45, 7) is 4.26. The van der Waals surface area contributed by atoms with E-state index in [-0.39, 0.29) is 0 Å². The third kappa shape index (κ3) is 2.89. The maximum atomic E-state index is 4.11. The van der Waals surface area contributed by atoms with Gasteiger partial charge in [-0.3, -0.25) is 0 Å². The van der Waals surface area contributed by atoms with Gasteiger partial charge in [-0.05, 0) is 13.3 Å². The lowest BCUT2D eigenvalue weighted by Crippen LogP contribution is -2.14. The first-order valence-corrected chi connectivity index (χ1v) is 4.52. The fraction of sp³-hybridized carbons (Fsp3) is 0.556. The van der Waals surface area contributed by atoms with Crippen LogP contribution in [0.1, 0.15) is 20.3 Å². The zero-order chi connectivity index (χ0) is 9.68. The quantitative estimate of drug-likeness (QED) is 0.741. The molecule has 0 aromatic carbocycles. The highest BCUT2D eigenvalue weighted by Crippen LogP contribution is 2.09. The molecule has 1 atom stereocenters. The molecule has 0 amide bonds. The monoisotopic (exact) mass is 180 g/mol. The van der Waals surface area contributed by atoms with Gasteiger partial charge in [0.25, 0.3) is 0 Å². The van der Waals surface area contributed by atoms with Crippen molar-refractivity contribution in [2.75, 3.05) is 17.7 Å². The van der Waals surface area contributed by atoms with Crippen LogP contribution < -0.4 is 10.6 Å². The molecule has 0 aliphatic carbocycles. The van der Waals surface area contributed by atoms with Gasteiger partial charge in [-0.2, -0.15) is 0 Å². The third-order valence-corrected chi connectivity index (χ3v) is 1.93. The maximum Gasteiger partial charge on any atom is 0.131 e. The van der Waals surface area contributed by atoms with Gasteiger partial charge in [0.15, 0.2) is 0 Å². The summed E-state index contributed by atoms with van der Waals surface area (Å²) < 4.78 is 0. The minimum atomic E-state index is 0.444. The van der Waals surface area contributed by atoms with E-state index in [2.05, 4.69) is 34.4 Å². The second kappa shape index (κ2) is 4.64. The molecule has 0 radical (unpaired) electrons. The van der Waals surface area contributed by atoms with E-state index < -0.39 is 0 Å². The van der Waals surface area contributed by atoms with Crippen LogP contribution in [0.4, 0.5) is 11.6 Å². The highest BCUT2D eigenvalue weighted by Gasteiger charge is 2.00. The van der Waals surface area contributed by atoms with Gasteiger partial charge in [0.05, 0.1) is 0 Å². The molecule has 72 valence electrons. The number of nitrogens with zero attached hydrogens (tertiary/aromatic N) is 2. The molecule has 1 rings (SSSR count). The second-order valence-corrected chi connectivity index (χ2v) is 2.99. The van der Waals surface area contributed by atoms with Gasteiger partial charge in [0, 0.05) is 19.2 Å². The van der Waals surface area contributed by atoms with E-state index in [0.717, 1.165) is 18.1 Å². The fourth-order valence-electron chi connectivity index (χ4n) is 0.927. The molecule has 1 heterocycles. The maximum absolute atomic E-state index is 4.11. The first-order chi connectivity index (χ1) is 6.26. The van der Waals surface area contributed by atoms with Crippen molar-refractivity contribution in [3.05, 3.63) is 12.4 Å². The molecule has 4 nitrogen and oxygen atoms in total. The molecule has 0 aliphatic rings. The van der Waals surface area contributed by atoms with Crippen LogP contribution in [0, 0.1) is 0 Å². The lowest BCUT2D eigenvalue weighted by Gasteiger charge is -2.11. The van der Waals surface area contributed by atoms with Crippen molar-refractivity contribution in [2.45, 2.75) is 26.3 Å². The lowest BCUT2D eigenvalue weighted by atomic mass is 10.2. The summed E-state index contributed by atoms with van der Waals surface area (Å²) in [5.41, 5.74) is 0. The summed E-state index contributed by atoms with van der Waals surface area (Å²) in [6.07, 6.45) is 2.63. The molecule has 1 aromatic heterocycles. The van der Waals surface area contributed by atoms with Crippen molar-refractivity contribution in [2.24, 2.45) is 0 Å². The molecular formula is C9H16N4. The average Bonchev–Trinajstić information content (AvgIpc) is 2.18. The summed E-state index contributed by atoms with van der Waals surface area (Å²) in [6, 6.07) is 2.34. The Balaban J connectivity index is 2.66. The van der Waals surface area contributed by atoms with Crippen molar-refractivity contribution in [1.29, 1.82) is 0 Å². The van der Waals surface area contributed by atoms with E-state index in [1.54, 1.807) is 6.33 Å². The van der Waals surface area contributed by atoms with Crippen molar-refractivity contribution in [3.8, 4) is 0 Å². The molecule has 0 saturated heterocycles. The minimum absolute atomic E-state index is 0.444. The van der Waals surface area contributed by atoms with Crippen LogP contribution >= 0.6 is 0 Å². The highest BCUT2D eigenvalue weighted by molar-refractivity contribution is 5.46. The smallest absolute Gasteiger partial charge is 0.131 e. The molecule has 4 heteroatoms. The van der Waals surface area contributed by atoms with Crippen LogP contribution in [0.3, 0.4) is 0 Å². The zero-order valence-electron chi connectivity index (χ0n) is 8.33. The largest absolute Gasteiger partial charge is 0.373 e. The minimum Gasteiger partial charge on any atom is -0.373 e. The Morgan fingerprint density at radius 1 is 1.38 bits per heavy atom. The molecule has 0 aliphatic heterocycles. The number of aromatic nitrogens is 2. The van der Waals surface area contributed by atoms with Crippen molar-refractivity contribution < 1.29 is 0 Å². The van der Waals surface area contributed by atoms with Gasteiger partial charge in [0.2, 0.25) is 0 Å². The van der Waals surface area contributed by atoms with E-state index in [9.17, 15) is 0 Å². The van der Waals surface area contributed by atoms with Crippen LogP contribution in [-0.2, 0) is 0 Å². The predicted octanol–water partition coefficient (Wildman–Crippen LogP) is 1.73. The standard InChI is InChI=1S/C9H16N4/c1-4-7(2)13-9-5-8(10-3)11-6-12-9/h5-7H,4H2,1-3H3,(H2,10,11,12,13)/t7-/m0/s1. The number of anilines is 2. The Kier molecular flexibility index (Phi) is 3.49. The number of hydrogen-bond acceptors (Lipinski definition) is 4. The Morgan fingerprint density at radius 3 is 2.69 bits per heavy atom. The summed E-state index contributed by atoms with van der Waals surface area (Å²) in [4.78, 5) is 8.14. The van der Waals surface area contributed by atoms with Crippen LogP contribution in [0.25, 0.3) is 0 Å². The first kappa shape index (κ1) is 9.77. The molecule has 1 aromatic rings. The van der Waals surface area contributed by atoms with Gasteiger partial charge in [-0.1, -0.05) is 6.92 Å². The lowest BCUT2D eigenvalue weighted by molar-refractivity contribution is 0.758. The van der Waals surface area contributed by atoms with E-state index in [4.69, 9.17) is 0 Å². The Bertz CT molecular complexity index is 262. The molecular weight excluding hydrogens is 164 g/mol. The first-order valence-electron chi connectivity index (χ1n) is 4.52. The SMILES string of the molecule is CC[C@H](C)Nc1cc(NC)ncn1. The third-order valence-electron chi connectivity index (χ3n) is 1.93. The van der Waals surface area contributed by atoms with Crippen molar-refractivity contribution in [1.82, 2.24) is 9.97 Å². The molecule has 0 fully saturated rings. The van der Waals surface area contributed by atoms with Gasteiger partial charge in [-0.25, -0.2) is 9.97 Å². The number of rotatable bonds is 4. The van der Waals surface area contributed by atoms with Crippen molar-refractivity contribution >= 4 is 11.6 Å². The van der Waals surface area contributed by atoms with Crippen LogP contribution in [0.2, 0.25) is 0 Å². The van der Waals surface area contributed by atoms with E-state index >= 15 is 0 Å². The number of hydrogen-bond donors (Lipinski definition) is 2. The van der Waals surface area contributed by atoms with Gasteiger partial charge >= 0.3 is 0 Å². The second-order valence-electron chi connectivity index (χ2n) is 2.99. The van der Waals surface area contributed by atoms with E-state index in [0.29, 0.717) is 6.04 Å². The molecule has 0 saturated carbocycles. The van der Waals surface area contributed by atoms with Crippen LogP contribution in [-0.4, -0.2) is 23.1 Å². The average molecular weight is 180 g/mol. The Hall–Kier alpha value is -1.32. The molecule has 0 spiro atoms. The highest BCUT2D eigenvalue weighted by atomic mass is 15.1. The van der Waals surface area contributed by atoms with E-state index in [1.165, 1.54) is 0 Å². The van der Waals surface area contributed by atoms with Gasteiger partial charge in [0.1, 0.15) is 18.0 Å². The summed E-state index contributed by atoms with van der Waals surface area (Å²) in [5, 5.41) is 6.24. The number of nitrogens with one attached hydrogen (secondary N) is 2. The fourth-order valence-corrected chi connectivity index (χ4v) is 0.927. The Morgan fingerprint density at radius 2 is 2.08 bits per heavy atom. The normalized spacial score (nSPS) is 12.2.